The van der Waals surface area contributed by atoms with Gasteiger partial charge in [0, 0.05) is 12.1 Å². The lowest BCUT2D eigenvalue weighted by Crippen LogP contribution is -2.19. The second-order valence-electron chi connectivity index (χ2n) is 5.00. The molecule has 0 saturated heterocycles. The summed E-state index contributed by atoms with van der Waals surface area (Å²) in [6.07, 6.45) is 7.97. The van der Waals surface area contributed by atoms with Crippen molar-refractivity contribution in [2.45, 2.75) is 38.2 Å². The van der Waals surface area contributed by atoms with E-state index in [2.05, 4.69) is 0 Å². The van der Waals surface area contributed by atoms with Gasteiger partial charge >= 0.3 is 5.97 Å². The Morgan fingerprint density at radius 1 is 1.33 bits per heavy atom. The minimum Gasteiger partial charge on any atom is -0.459 e. The highest BCUT2D eigenvalue weighted by atomic mass is 35.5. The molecular weight excluding hydrogens is 294 g/mol. The number of ether oxygens (including phenoxy) is 1. The molecule has 1 saturated carbocycles. The molecule has 0 radical (unpaired) electrons. The molecule has 0 spiro atoms. The van der Waals surface area contributed by atoms with Crippen LogP contribution >= 0.6 is 11.6 Å². The molecule has 21 heavy (non-hydrogen) atoms. The van der Waals surface area contributed by atoms with Crippen LogP contribution in [0.25, 0.3) is 6.08 Å². The maximum absolute atomic E-state index is 11.7. The number of hydrogen-bond acceptors (Lipinski definition) is 4. The summed E-state index contributed by atoms with van der Waals surface area (Å²) in [6.45, 7) is 0. The average Bonchev–Trinajstić information content (AvgIpc) is 2.47. The van der Waals surface area contributed by atoms with E-state index in [0.717, 1.165) is 25.7 Å². The molecule has 1 fully saturated rings. The fourth-order valence-corrected chi connectivity index (χ4v) is 2.51. The number of nitro benzene ring substituents is 1. The minimum atomic E-state index is -0.556. The first kappa shape index (κ1) is 15.5. The van der Waals surface area contributed by atoms with E-state index >= 15 is 0 Å². The van der Waals surface area contributed by atoms with Gasteiger partial charge in [-0.2, -0.15) is 0 Å². The highest BCUT2D eigenvalue weighted by Gasteiger charge is 2.16. The number of nitro groups is 1. The van der Waals surface area contributed by atoms with Crippen LogP contribution in [0.1, 0.15) is 37.7 Å². The van der Waals surface area contributed by atoms with Gasteiger partial charge in [0.1, 0.15) is 11.1 Å². The van der Waals surface area contributed by atoms with Gasteiger partial charge in [-0.05, 0) is 43.4 Å². The van der Waals surface area contributed by atoms with Crippen LogP contribution in [-0.2, 0) is 9.53 Å². The number of carbonyl (C=O) groups excluding carboxylic acids is 1. The summed E-state index contributed by atoms with van der Waals surface area (Å²) in [4.78, 5) is 21.9. The zero-order valence-corrected chi connectivity index (χ0v) is 12.2. The maximum Gasteiger partial charge on any atom is 0.331 e. The fourth-order valence-electron chi connectivity index (χ4n) is 2.32. The Morgan fingerprint density at radius 3 is 2.71 bits per heavy atom. The zero-order chi connectivity index (χ0) is 15.2. The Kier molecular flexibility index (Phi) is 5.33. The van der Waals surface area contributed by atoms with Crippen molar-refractivity contribution in [2.75, 3.05) is 0 Å². The van der Waals surface area contributed by atoms with Gasteiger partial charge in [0.15, 0.2) is 0 Å². The molecule has 1 aliphatic rings. The van der Waals surface area contributed by atoms with Gasteiger partial charge in [-0.25, -0.2) is 4.79 Å². The van der Waals surface area contributed by atoms with E-state index < -0.39 is 10.9 Å². The molecule has 2 rings (SSSR count). The molecule has 112 valence electrons. The van der Waals surface area contributed by atoms with Crippen molar-refractivity contribution in [1.29, 1.82) is 0 Å². The van der Waals surface area contributed by atoms with E-state index in [0.29, 0.717) is 5.56 Å². The number of benzene rings is 1. The van der Waals surface area contributed by atoms with Crippen LogP contribution in [-0.4, -0.2) is 17.0 Å². The monoisotopic (exact) mass is 309 g/mol. The molecule has 0 bridgehead atoms. The zero-order valence-electron chi connectivity index (χ0n) is 11.5. The topological polar surface area (TPSA) is 69.4 Å². The summed E-state index contributed by atoms with van der Waals surface area (Å²) in [6, 6.07) is 4.37. The van der Waals surface area contributed by atoms with Gasteiger partial charge in [0.2, 0.25) is 0 Å². The maximum atomic E-state index is 11.7. The number of carbonyl (C=O) groups is 1. The van der Waals surface area contributed by atoms with Crippen LogP contribution < -0.4 is 0 Å². The van der Waals surface area contributed by atoms with Gasteiger partial charge < -0.3 is 4.74 Å². The van der Waals surface area contributed by atoms with Gasteiger partial charge in [0.25, 0.3) is 5.69 Å². The third-order valence-electron chi connectivity index (χ3n) is 3.41. The SMILES string of the molecule is O=C(/C=C/c1ccc(Cl)c([N+](=O)[O-])c1)OC1CCCCC1. The molecule has 1 aromatic carbocycles. The molecule has 1 aliphatic carbocycles. The van der Waals surface area contributed by atoms with Crippen molar-refractivity contribution in [1.82, 2.24) is 0 Å². The molecule has 0 aromatic heterocycles. The van der Waals surface area contributed by atoms with Crippen LogP contribution in [0.5, 0.6) is 0 Å². The van der Waals surface area contributed by atoms with Crippen LogP contribution in [0.2, 0.25) is 5.02 Å². The third kappa shape index (κ3) is 4.56. The highest BCUT2D eigenvalue weighted by Crippen LogP contribution is 2.25. The predicted octanol–water partition coefficient (Wildman–Crippen LogP) is 4.14. The van der Waals surface area contributed by atoms with E-state index in [-0.39, 0.29) is 16.8 Å². The Bertz CT molecular complexity index is 565. The molecule has 0 aliphatic heterocycles. The molecule has 0 amide bonds. The molecule has 5 nitrogen and oxygen atoms in total. The van der Waals surface area contributed by atoms with Gasteiger partial charge in [0.05, 0.1) is 4.92 Å². The summed E-state index contributed by atoms with van der Waals surface area (Å²) in [5.41, 5.74) is 0.353. The van der Waals surface area contributed by atoms with Crippen molar-refractivity contribution in [3.8, 4) is 0 Å². The van der Waals surface area contributed by atoms with E-state index in [1.165, 1.54) is 30.7 Å². The van der Waals surface area contributed by atoms with Gasteiger partial charge in [-0.3, -0.25) is 10.1 Å². The molecule has 6 heteroatoms. The standard InChI is InChI=1S/C15H16ClNO4/c16-13-8-6-11(10-14(13)17(19)20)7-9-15(18)21-12-4-2-1-3-5-12/h6-10,12H,1-5H2/b9-7+. The number of hydrogen-bond donors (Lipinski definition) is 0. The van der Waals surface area contributed by atoms with Crippen molar-refractivity contribution < 1.29 is 14.5 Å². The Morgan fingerprint density at radius 2 is 2.05 bits per heavy atom. The van der Waals surface area contributed by atoms with E-state index in [4.69, 9.17) is 16.3 Å². The predicted molar refractivity (Wildman–Crippen MR) is 80.1 cm³/mol. The van der Waals surface area contributed by atoms with E-state index in [1.807, 2.05) is 0 Å². The lowest BCUT2D eigenvalue weighted by atomic mass is 9.98. The fraction of sp³-hybridized carbons (Fsp3) is 0.400. The molecule has 0 N–H and O–H groups in total. The highest BCUT2D eigenvalue weighted by molar-refractivity contribution is 6.32. The van der Waals surface area contributed by atoms with Crippen molar-refractivity contribution in [2.24, 2.45) is 0 Å². The quantitative estimate of drug-likeness (QED) is 0.363. The average molecular weight is 310 g/mol. The van der Waals surface area contributed by atoms with Crippen molar-refractivity contribution >= 4 is 29.3 Å². The summed E-state index contributed by atoms with van der Waals surface area (Å²) in [5.74, 6) is -0.417. The molecule has 0 unspecified atom stereocenters. The van der Waals surface area contributed by atoms with Crippen LogP contribution in [0.4, 0.5) is 5.69 Å². The van der Waals surface area contributed by atoms with Crippen molar-refractivity contribution in [3.05, 3.63) is 45.0 Å². The Hall–Kier alpha value is -1.88. The lowest BCUT2D eigenvalue weighted by molar-refractivity contribution is -0.384. The summed E-state index contributed by atoms with van der Waals surface area (Å²) in [7, 11) is 0. The number of nitrogens with zero attached hydrogens (tertiary/aromatic N) is 1. The molecule has 1 aromatic rings. The molecule has 0 heterocycles. The number of rotatable bonds is 4. The summed E-state index contributed by atoms with van der Waals surface area (Å²) < 4.78 is 5.33. The summed E-state index contributed by atoms with van der Waals surface area (Å²) >= 11 is 5.73. The van der Waals surface area contributed by atoms with Gasteiger partial charge in [-0.15, -0.1) is 0 Å². The Balaban J connectivity index is 1.98. The first-order valence-electron chi connectivity index (χ1n) is 6.89. The second kappa shape index (κ2) is 7.22. The Labute approximate surface area is 127 Å². The largest absolute Gasteiger partial charge is 0.459 e. The van der Waals surface area contributed by atoms with Crippen molar-refractivity contribution in [3.63, 3.8) is 0 Å². The van der Waals surface area contributed by atoms with E-state index in [1.54, 1.807) is 6.07 Å². The molecule has 0 atom stereocenters. The first-order chi connectivity index (χ1) is 10.1. The van der Waals surface area contributed by atoms with Gasteiger partial charge in [-0.1, -0.05) is 24.1 Å². The third-order valence-corrected chi connectivity index (χ3v) is 3.73. The second-order valence-corrected chi connectivity index (χ2v) is 5.41. The molecular formula is C15H16ClNO4. The number of esters is 1. The van der Waals surface area contributed by atoms with E-state index in [9.17, 15) is 14.9 Å². The van der Waals surface area contributed by atoms with Crippen LogP contribution in [0.3, 0.4) is 0 Å². The first-order valence-corrected chi connectivity index (χ1v) is 7.26. The van der Waals surface area contributed by atoms with Crippen LogP contribution in [0, 0.1) is 10.1 Å². The normalized spacial score (nSPS) is 16.0. The minimum absolute atomic E-state index is 0.00421. The van der Waals surface area contributed by atoms with Crippen LogP contribution in [0.15, 0.2) is 24.3 Å². The lowest BCUT2D eigenvalue weighted by Gasteiger charge is -2.20. The smallest absolute Gasteiger partial charge is 0.331 e. The number of halogens is 1. The summed E-state index contributed by atoms with van der Waals surface area (Å²) in [5, 5.41) is 10.9.